The lowest BCUT2D eigenvalue weighted by Gasteiger charge is -2.08. The average molecular weight is 290 g/mol. The van der Waals surface area contributed by atoms with Crippen LogP contribution in [0.2, 0.25) is 0 Å². The molecule has 0 radical (unpaired) electrons. The van der Waals surface area contributed by atoms with E-state index >= 15 is 0 Å². The minimum absolute atomic E-state index is 0.0108. The zero-order valence-corrected chi connectivity index (χ0v) is 12.8. The molecule has 3 nitrogen and oxygen atoms in total. The minimum Gasteiger partial charge on any atom is -0.293 e. The Balaban J connectivity index is 2.09. The van der Waals surface area contributed by atoms with Gasteiger partial charge in [-0.3, -0.25) is 9.36 Å². The molecule has 22 heavy (non-hydrogen) atoms. The number of fused-ring (bicyclic) bond motifs is 1. The zero-order chi connectivity index (χ0) is 15.5. The molecule has 0 spiro atoms. The molecule has 0 unspecified atom stereocenters. The van der Waals surface area contributed by atoms with Gasteiger partial charge in [0, 0.05) is 6.54 Å². The number of aromatic nitrogens is 2. The van der Waals surface area contributed by atoms with Crippen molar-refractivity contribution in [1.82, 2.24) is 9.55 Å². The molecule has 0 aliphatic rings. The standard InChI is InChI=1S/C19H18N2O/c1-3-21-18(13-12-15-10-8-14(2)9-11-15)20-17-7-5-4-6-16(17)19(21)22/h4-13H,3H2,1-2H3. The Morgan fingerprint density at radius 3 is 2.50 bits per heavy atom. The van der Waals surface area contributed by atoms with Crippen LogP contribution in [-0.4, -0.2) is 9.55 Å². The number of hydrogen-bond acceptors (Lipinski definition) is 2. The van der Waals surface area contributed by atoms with Crippen molar-refractivity contribution in [2.75, 3.05) is 0 Å². The van der Waals surface area contributed by atoms with Crippen LogP contribution < -0.4 is 5.56 Å². The first-order valence-electron chi connectivity index (χ1n) is 7.43. The molecule has 0 bridgehead atoms. The van der Waals surface area contributed by atoms with Crippen molar-refractivity contribution >= 4 is 23.1 Å². The maximum absolute atomic E-state index is 12.5. The van der Waals surface area contributed by atoms with Crippen LogP contribution in [0.1, 0.15) is 23.9 Å². The summed E-state index contributed by atoms with van der Waals surface area (Å²) in [4.78, 5) is 17.1. The molecular formula is C19H18N2O. The summed E-state index contributed by atoms with van der Waals surface area (Å²) in [6, 6.07) is 15.7. The van der Waals surface area contributed by atoms with Crippen LogP contribution in [0.15, 0.2) is 53.3 Å². The third kappa shape index (κ3) is 2.70. The van der Waals surface area contributed by atoms with Crippen molar-refractivity contribution in [2.24, 2.45) is 0 Å². The van der Waals surface area contributed by atoms with E-state index in [0.717, 1.165) is 11.1 Å². The second-order valence-electron chi connectivity index (χ2n) is 5.28. The van der Waals surface area contributed by atoms with E-state index in [1.54, 1.807) is 4.57 Å². The van der Waals surface area contributed by atoms with E-state index in [0.29, 0.717) is 17.8 Å². The first kappa shape index (κ1) is 14.3. The maximum atomic E-state index is 12.5. The molecule has 0 aliphatic heterocycles. The molecule has 0 saturated carbocycles. The van der Waals surface area contributed by atoms with Crippen molar-refractivity contribution in [2.45, 2.75) is 20.4 Å². The largest absolute Gasteiger partial charge is 0.293 e. The molecule has 3 rings (SSSR count). The molecule has 1 aromatic heterocycles. The summed E-state index contributed by atoms with van der Waals surface area (Å²) >= 11 is 0. The summed E-state index contributed by atoms with van der Waals surface area (Å²) in [5.41, 5.74) is 3.07. The van der Waals surface area contributed by atoms with Crippen LogP contribution >= 0.6 is 0 Å². The highest BCUT2D eigenvalue weighted by Gasteiger charge is 2.06. The number of para-hydroxylation sites is 1. The van der Waals surface area contributed by atoms with Gasteiger partial charge in [0.05, 0.1) is 10.9 Å². The fourth-order valence-electron chi connectivity index (χ4n) is 2.47. The van der Waals surface area contributed by atoms with Crippen molar-refractivity contribution in [1.29, 1.82) is 0 Å². The molecule has 3 aromatic rings. The number of rotatable bonds is 3. The zero-order valence-electron chi connectivity index (χ0n) is 12.8. The summed E-state index contributed by atoms with van der Waals surface area (Å²) < 4.78 is 1.70. The van der Waals surface area contributed by atoms with E-state index in [1.807, 2.05) is 43.3 Å². The van der Waals surface area contributed by atoms with E-state index in [4.69, 9.17) is 0 Å². The molecule has 0 atom stereocenters. The summed E-state index contributed by atoms with van der Waals surface area (Å²) in [5, 5.41) is 0.664. The predicted molar refractivity (Wildman–Crippen MR) is 91.8 cm³/mol. The number of aryl methyl sites for hydroxylation is 1. The second kappa shape index (κ2) is 5.98. The Morgan fingerprint density at radius 1 is 1.05 bits per heavy atom. The van der Waals surface area contributed by atoms with Gasteiger partial charge in [0.25, 0.3) is 5.56 Å². The van der Waals surface area contributed by atoms with Gasteiger partial charge in [0.1, 0.15) is 5.82 Å². The number of hydrogen-bond donors (Lipinski definition) is 0. The van der Waals surface area contributed by atoms with Gasteiger partial charge in [-0.1, -0.05) is 48.0 Å². The topological polar surface area (TPSA) is 34.9 Å². The summed E-state index contributed by atoms with van der Waals surface area (Å²) in [6.07, 6.45) is 3.89. The maximum Gasteiger partial charge on any atom is 0.261 e. The smallest absolute Gasteiger partial charge is 0.261 e. The highest BCUT2D eigenvalue weighted by Crippen LogP contribution is 2.11. The Labute approximate surface area is 129 Å². The van der Waals surface area contributed by atoms with Crippen LogP contribution in [0.3, 0.4) is 0 Å². The van der Waals surface area contributed by atoms with Gasteiger partial charge in [-0.2, -0.15) is 0 Å². The van der Waals surface area contributed by atoms with Crippen LogP contribution in [-0.2, 0) is 6.54 Å². The molecule has 0 saturated heterocycles. The summed E-state index contributed by atoms with van der Waals surface area (Å²) in [7, 11) is 0. The van der Waals surface area contributed by atoms with E-state index < -0.39 is 0 Å². The Kier molecular flexibility index (Phi) is 3.88. The molecular weight excluding hydrogens is 272 g/mol. The molecule has 3 heteroatoms. The fraction of sp³-hybridized carbons (Fsp3) is 0.158. The van der Waals surface area contributed by atoms with Gasteiger partial charge < -0.3 is 0 Å². The lowest BCUT2D eigenvalue weighted by molar-refractivity contribution is 0.708. The SMILES string of the molecule is CCn1c(C=Cc2ccc(C)cc2)nc2ccccc2c1=O. The van der Waals surface area contributed by atoms with Crippen LogP contribution in [0.4, 0.5) is 0 Å². The van der Waals surface area contributed by atoms with Gasteiger partial charge >= 0.3 is 0 Å². The third-order valence-electron chi connectivity index (χ3n) is 3.71. The van der Waals surface area contributed by atoms with E-state index in [-0.39, 0.29) is 5.56 Å². The molecule has 0 N–H and O–H groups in total. The Morgan fingerprint density at radius 2 is 1.77 bits per heavy atom. The highest BCUT2D eigenvalue weighted by molar-refractivity contribution is 5.79. The lowest BCUT2D eigenvalue weighted by atomic mass is 10.1. The van der Waals surface area contributed by atoms with Gasteiger partial charge in [-0.05, 0) is 37.6 Å². The molecule has 2 aromatic carbocycles. The molecule has 110 valence electrons. The first-order valence-corrected chi connectivity index (χ1v) is 7.43. The van der Waals surface area contributed by atoms with Gasteiger partial charge in [-0.25, -0.2) is 4.98 Å². The predicted octanol–water partition coefficient (Wildman–Crippen LogP) is 3.90. The molecule has 0 fully saturated rings. The lowest BCUT2D eigenvalue weighted by Crippen LogP contribution is -2.22. The molecule has 0 amide bonds. The Bertz CT molecular complexity index is 889. The van der Waals surface area contributed by atoms with Gasteiger partial charge in [0.15, 0.2) is 0 Å². The highest BCUT2D eigenvalue weighted by atomic mass is 16.1. The number of benzene rings is 2. The summed E-state index contributed by atoms with van der Waals surface area (Å²) in [6.45, 7) is 4.62. The monoisotopic (exact) mass is 290 g/mol. The molecule has 1 heterocycles. The van der Waals surface area contributed by atoms with Crippen molar-refractivity contribution in [3.05, 3.63) is 75.8 Å². The normalized spacial score (nSPS) is 11.4. The Hall–Kier alpha value is -2.68. The van der Waals surface area contributed by atoms with Crippen LogP contribution in [0, 0.1) is 6.92 Å². The number of nitrogens with zero attached hydrogens (tertiary/aromatic N) is 2. The van der Waals surface area contributed by atoms with E-state index in [2.05, 4.69) is 36.2 Å². The quantitative estimate of drug-likeness (QED) is 0.733. The van der Waals surface area contributed by atoms with E-state index in [9.17, 15) is 4.79 Å². The fourth-order valence-corrected chi connectivity index (χ4v) is 2.47. The van der Waals surface area contributed by atoms with Crippen LogP contribution in [0.25, 0.3) is 23.1 Å². The minimum atomic E-state index is 0.0108. The average Bonchev–Trinajstić information content (AvgIpc) is 2.54. The second-order valence-corrected chi connectivity index (χ2v) is 5.28. The third-order valence-corrected chi connectivity index (χ3v) is 3.71. The van der Waals surface area contributed by atoms with Crippen molar-refractivity contribution in [3.8, 4) is 0 Å². The van der Waals surface area contributed by atoms with Gasteiger partial charge in [0.2, 0.25) is 0 Å². The first-order chi connectivity index (χ1) is 10.7. The van der Waals surface area contributed by atoms with Crippen molar-refractivity contribution < 1.29 is 0 Å². The molecule has 0 aliphatic carbocycles. The van der Waals surface area contributed by atoms with Crippen LogP contribution in [0.5, 0.6) is 0 Å². The van der Waals surface area contributed by atoms with Gasteiger partial charge in [-0.15, -0.1) is 0 Å². The summed E-state index contributed by atoms with van der Waals surface area (Å²) in [5.74, 6) is 0.687. The van der Waals surface area contributed by atoms with E-state index in [1.165, 1.54) is 5.56 Å². The van der Waals surface area contributed by atoms with Crippen molar-refractivity contribution in [3.63, 3.8) is 0 Å².